The number of amides is 2. The molecule has 0 saturated carbocycles. The average Bonchev–Trinajstić information content (AvgIpc) is 3.26. The molecule has 0 aliphatic carbocycles. The first-order chi connectivity index (χ1) is 22.0. The normalized spacial score (nSPS) is 20.5. The topological polar surface area (TPSA) is 121 Å². The molecule has 0 spiro atoms. The number of methoxy groups -OCH3 is 2. The second-order valence-corrected chi connectivity index (χ2v) is 11.3. The summed E-state index contributed by atoms with van der Waals surface area (Å²) < 4.78 is 35.2. The number of hydrogen-bond acceptors (Lipinski definition) is 10. The molecular weight excluding hydrogens is 580 g/mol. The Balaban J connectivity index is 1.26. The second kappa shape index (κ2) is 14.1. The lowest BCUT2D eigenvalue weighted by Crippen LogP contribution is -2.49. The van der Waals surface area contributed by atoms with Crippen LogP contribution >= 0.6 is 0 Å². The predicted molar refractivity (Wildman–Crippen MR) is 163 cm³/mol. The van der Waals surface area contributed by atoms with Crippen molar-refractivity contribution in [1.29, 1.82) is 0 Å². The molecule has 2 amide bonds. The number of carbonyl (C=O) groups excluding carboxylic acids is 2. The van der Waals surface area contributed by atoms with E-state index in [0.29, 0.717) is 73.8 Å². The van der Waals surface area contributed by atoms with Crippen LogP contribution in [0, 0.1) is 0 Å². The number of ether oxygens (including phenoxy) is 6. The fraction of sp³-hybridized carbons (Fsp3) is 0.424. The second-order valence-electron chi connectivity index (χ2n) is 11.3. The zero-order chi connectivity index (χ0) is 31.2. The molecule has 238 valence electrons. The van der Waals surface area contributed by atoms with Crippen molar-refractivity contribution in [1.82, 2.24) is 20.1 Å². The number of carbonyl (C=O) groups is 2. The summed E-state index contributed by atoms with van der Waals surface area (Å²) >= 11 is 0. The lowest BCUT2D eigenvalue weighted by Gasteiger charge is -2.25. The maximum Gasteiger partial charge on any atom is 0.256 e. The van der Waals surface area contributed by atoms with E-state index < -0.39 is 0 Å². The summed E-state index contributed by atoms with van der Waals surface area (Å²) in [6.07, 6.45) is 3.52. The summed E-state index contributed by atoms with van der Waals surface area (Å²) in [4.78, 5) is 34.9. The maximum absolute atomic E-state index is 13.5. The number of nitrogens with one attached hydrogen (secondary N) is 1. The Morgan fingerprint density at radius 1 is 1.00 bits per heavy atom. The molecule has 1 saturated heterocycles. The summed E-state index contributed by atoms with van der Waals surface area (Å²) in [5.74, 6) is 2.46. The van der Waals surface area contributed by atoms with Gasteiger partial charge in [-0.25, -0.2) is 0 Å². The molecule has 12 nitrogen and oxygen atoms in total. The zero-order valence-corrected chi connectivity index (χ0v) is 25.5. The van der Waals surface area contributed by atoms with Gasteiger partial charge in [0.15, 0.2) is 11.5 Å². The first-order valence-corrected chi connectivity index (χ1v) is 15.1. The maximum atomic E-state index is 13.5. The molecule has 4 bridgehead atoms. The summed E-state index contributed by atoms with van der Waals surface area (Å²) in [7, 11) is 3.19. The van der Waals surface area contributed by atoms with Gasteiger partial charge in [-0.3, -0.25) is 19.5 Å². The molecule has 6 rings (SSSR count). The molecular formula is C33H38N4O8. The lowest BCUT2D eigenvalue weighted by molar-refractivity contribution is -0.123. The van der Waals surface area contributed by atoms with E-state index in [4.69, 9.17) is 28.4 Å². The average molecular weight is 619 g/mol. The van der Waals surface area contributed by atoms with Crippen LogP contribution in [0.2, 0.25) is 0 Å². The predicted octanol–water partition coefficient (Wildman–Crippen LogP) is 3.03. The van der Waals surface area contributed by atoms with Crippen molar-refractivity contribution in [2.24, 2.45) is 0 Å². The summed E-state index contributed by atoms with van der Waals surface area (Å²) in [5.41, 5.74) is 2.18. The molecule has 0 unspecified atom stereocenters. The SMILES string of the molecule is COCCN1CC(=O)N[C@H]2CN(Cc3cc4c(cc3OC)OCCCO4)C[C@@H]2OCc2cccc(c2)Oc2cncc(c2)C1=O. The van der Waals surface area contributed by atoms with Crippen LogP contribution in [-0.4, -0.2) is 99.0 Å². The minimum absolute atomic E-state index is 0.147. The number of rotatable bonds is 6. The highest BCUT2D eigenvalue weighted by atomic mass is 16.5. The molecule has 3 aromatic rings. The first-order valence-electron chi connectivity index (χ1n) is 15.1. The fourth-order valence-corrected chi connectivity index (χ4v) is 5.77. The van der Waals surface area contributed by atoms with E-state index in [2.05, 4.69) is 15.2 Å². The Morgan fingerprint density at radius 2 is 1.84 bits per heavy atom. The summed E-state index contributed by atoms with van der Waals surface area (Å²) in [5, 5.41) is 3.15. The molecule has 2 atom stereocenters. The van der Waals surface area contributed by atoms with Gasteiger partial charge in [0.25, 0.3) is 5.91 Å². The lowest BCUT2D eigenvalue weighted by atomic mass is 10.1. The van der Waals surface area contributed by atoms with Gasteiger partial charge in [-0.15, -0.1) is 0 Å². The molecule has 45 heavy (non-hydrogen) atoms. The van der Waals surface area contributed by atoms with Gasteiger partial charge in [0.05, 0.1) is 64.0 Å². The number of benzene rings is 2. The van der Waals surface area contributed by atoms with Crippen LogP contribution < -0.4 is 24.3 Å². The Morgan fingerprint density at radius 3 is 2.67 bits per heavy atom. The van der Waals surface area contributed by atoms with Gasteiger partial charge in [0.2, 0.25) is 5.91 Å². The quantitative estimate of drug-likeness (QED) is 0.441. The van der Waals surface area contributed by atoms with Gasteiger partial charge >= 0.3 is 0 Å². The molecule has 12 heteroatoms. The Labute approximate surface area is 262 Å². The summed E-state index contributed by atoms with van der Waals surface area (Å²) in [6, 6.07) is 12.7. The molecule has 1 aromatic heterocycles. The molecule has 1 fully saturated rings. The van der Waals surface area contributed by atoms with Crippen LogP contribution in [0.25, 0.3) is 0 Å². The number of aromatic nitrogens is 1. The minimum Gasteiger partial charge on any atom is -0.496 e. The van der Waals surface area contributed by atoms with Crippen LogP contribution in [0.15, 0.2) is 54.9 Å². The van der Waals surface area contributed by atoms with E-state index in [1.54, 1.807) is 26.5 Å². The number of fused-ring (bicyclic) bond motifs is 6. The minimum atomic E-state index is -0.344. The van der Waals surface area contributed by atoms with Gasteiger partial charge in [0.1, 0.15) is 17.2 Å². The van der Waals surface area contributed by atoms with E-state index in [1.807, 2.05) is 36.4 Å². The van der Waals surface area contributed by atoms with Gasteiger partial charge in [-0.05, 0) is 29.8 Å². The Kier molecular flexibility index (Phi) is 9.63. The molecule has 2 aromatic carbocycles. The highest BCUT2D eigenvalue weighted by Gasteiger charge is 2.36. The smallest absolute Gasteiger partial charge is 0.256 e. The number of likely N-dealkylation sites (tertiary alicyclic amines) is 1. The van der Waals surface area contributed by atoms with Gasteiger partial charge in [-0.2, -0.15) is 0 Å². The number of nitrogens with zero attached hydrogens (tertiary/aromatic N) is 3. The third-order valence-corrected chi connectivity index (χ3v) is 7.98. The van der Waals surface area contributed by atoms with Crippen molar-refractivity contribution in [3.05, 3.63) is 71.5 Å². The van der Waals surface area contributed by atoms with E-state index in [1.165, 1.54) is 11.1 Å². The van der Waals surface area contributed by atoms with Crippen molar-refractivity contribution in [3.63, 3.8) is 0 Å². The molecule has 4 heterocycles. The molecule has 3 aliphatic rings. The largest absolute Gasteiger partial charge is 0.496 e. The molecule has 0 radical (unpaired) electrons. The van der Waals surface area contributed by atoms with Gasteiger partial charge in [-0.1, -0.05) is 12.1 Å². The van der Waals surface area contributed by atoms with Crippen LogP contribution in [-0.2, 0) is 27.4 Å². The van der Waals surface area contributed by atoms with Crippen LogP contribution in [0.1, 0.15) is 27.9 Å². The summed E-state index contributed by atoms with van der Waals surface area (Å²) in [6.45, 7) is 3.52. The Hall–Kier alpha value is -4.39. The van der Waals surface area contributed by atoms with Crippen molar-refractivity contribution in [2.45, 2.75) is 31.7 Å². The fourth-order valence-electron chi connectivity index (χ4n) is 5.77. The van der Waals surface area contributed by atoms with E-state index in [9.17, 15) is 9.59 Å². The first kappa shape index (κ1) is 30.6. The van der Waals surface area contributed by atoms with Crippen molar-refractivity contribution >= 4 is 11.8 Å². The van der Waals surface area contributed by atoms with Crippen LogP contribution in [0.3, 0.4) is 0 Å². The third-order valence-electron chi connectivity index (χ3n) is 7.98. The monoisotopic (exact) mass is 618 g/mol. The van der Waals surface area contributed by atoms with Crippen LogP contribution in [0.5, 0.6) is 28.7 Å². The highest BCUT2D eigenvalue weighted by Crippen LogP contribution is 2.37. The van der Waals surface area contributed by atoms with Crippen molar-refractivity contribution < 1.29 is 38.0 Å². The van der Waals surface area contributed by atoms with E-state index >= 15 is 0 Å². The van der Waals surface area contributed by atoms with E-state index in [0.717, 1.165) is 17.5 Å². The molecule has 3 aliphatic heterocycles. The van der Waals surface area contributed by atoms with Gasteiger partial charge < -0.3 is 38.6 Å². The standard InChI is InChI=1S/C33H38N4O8/c1-40-10-7-37-20-32(38)35-27-18-36(17-24-13-29-30(14-28(24)41-2)43-9-4-8-42-29)19-31(27)44-21-22-5-3-6-25(11-22)45-26-12-23(33(37)39)15-34-16-26/h3,5-6,11-16,27,31H,4,7-10,17-21H2,1-2H3,(H,35,38)/t27-,31-/m0/s1. The highest BCUT2D eigenvalue weighted by molar-refractivity contribution is 5.96. The third kappa shape index (κ3) is 7.47. The van der Waals surface area contributed by atoms with Crippen molar-refractivity contribution in [3.8, 4) is 28.7 Å². The zero-order valence-electron chi connectivity index (χ0n) is 25.5. The Bertz CT molecular complexity index is 1520. The van der Waals surface area contributed by atoms with Gasteiger partial charge in [0, 0.05) is 57.5 Å². The number of pyridine rings is 1. The molecule has 1 N–H and O–H groups in total. The van der Waals surface area contributed by atoms with Crippen LogP contribution in [0.4, 0.5) is 0 Å². The van der Waals surface area contributed by atoms with Crippen molar-refractivity contribution in [2.75, 3.05) is 60.2 Å². The number of hydrogen-bond donors (Lipinski definition) is 1. The van der Waals surface area contributed by atoms with E-state index in [-0.39, 0.29) is 43.7 Å².